The Kier molecular flexibility index (Phi) is 17.4. The summed E-state index contributed by atoms with van der Waals surface area (Å²) in [6, 6.07) is 4.90. The van der Waals surface area contributed by atoms with Gasteiger partial charge in [-0.15, -0.1) is 0 Å². The van der Waals surface area contributed by atoms with Crippen LogP contribution >= 0.6 is 34.8 Å². The number of hydrogen-bond donors (Lipinski definition) is 5. The third kappa shape index (κ3) is 12.8. The molecule has 296 valence electrons. The quantitative estimate of drug-likeness (QED) is 0.122. The molecule has 3 aromatic rings. The van der Waals surface area contributed by atoms with Crippen molar-refractivity contribution in [3.63, 3.8) is 0 Å². The van der Waals surface area contributed by atoms with Gasteiger partial charge in [0.15, 0.2) is 23.5 Å². The van der Waals surface area contributed by atoms with Gasteiger partial charge in [-0.3, -0.25) is 4.79 Å². The zero-order valence-corrected chi connectivity index (χ0v) is 32.4. The molecule has 5 heterocycles. The Balaban J connectivity index is 0.000000251. The predicted octanol–water partition coefficient (Wildman–Crippen LogP) is 6.83. The Morgan fingerprint density at radius 1 is 0.811 bits per heavy atom. The number of ether oxygens (including phenoxy) is 4. The summed E-state index contributed by atoms with van der Waals surface area (Å²) in [5, 5.41) is 17.4. The predicted molar refractivity (Wildman–Crippen MR) is 196 cm³/mol. The van der Waals surface area contributed by atoms with Gasteiger partial charge < -0.3 is 46.4 Å². The molecule has 2 aliphatic heterocycles. The van der Waals surface area contributed by atoms with Crippen molar-refractivity contribution in [1.82, 2.24) is 15.0 Å². The molecule has 0 amide bonds. The summed E-state index contributed by atoms with van der Waals surface area (Å²) in [5.41, 5.74) is 20.8. The fraction of sp³-hybridized carbons (Fsp3) is 0.529. The topological polar surface area (TPSA) is 211 Å². The number of pyridine rings is 3. The van der Waals surface area contributed by atoms with E-state index in [1.165, 1.54) is 24.7 Å². The number of nitrogens with two attached hydrogens (primary N) is 3. The molecule has 0 aliphatic carbocycles. The number of alkyl halides is 3. The highest BCUT2D eigenvalue weighted by Crippen LogP contribution is 2.41. The van der Waals surface area contributed by atoms with Gasteiger partial charge >= 0.3 is 6.18 Å². The van der Waals surface area contributed by atoms with Crippen molar-refractivity contribution in [2.24, 2.45) is 0 Å². The van der Waals surface area contributed by atoms with Crippen LogP contribution in [0.3, 0.4) is 0 Å². The molecule has 8 N–H and O–H groups in total. The van der Waals surface area contributed by atoms with Crippen LogP contribution in [0.1, 0.15) is 82.3 Å². The zero-order valence-electron chi connectivity index (χ0n) is 30.1. The molecule has 6 atom stereocenters. The van der Waals surface area contributed by atoms with Crippen molar-refractivity contribution < 1.29 is 47.1 Å². The number of aliphatic hydroxyl groups excluding tert-OH is 2. The second-order valence-electron chi connectivity index (χ2n) is 12.0. The highest BCUT2D eigenvalue weighted by atomic mass is 35.5. The molecule has 0 spiro atoms. The van der Waals surface area contributed by atoms with Crippen LogP contribution in [0.15, 0.2) is 36.8 Å². The molecule has 13 nitrogen and oxygen atoms in total. The molecule has 3 aromatic heterocycles. The Bertz CT molecular complexity index is 1590. The number of carbonyl (C=O) groups excluding carboxylic acids is 1. The van der Waals surface area contributed by atoms with E-state index in [2.05, 4.69) is 15.0 Å². The number of Topliss-reactive ketones (excluding diaryl/α,β-unsaturated/α-hetero) is 1. The summed E-state index contributed by atoms with van der Waals surface area (Å²) >= 11 is 17.3. The Morgan fingerprint density at radius 2 is 1.19 bits per heavy atom. The van der Waals surface area contributed by atoms with Gasteiger partial charge in [-0.05, 0) is 39.0 Å². The third-order valence-corrected chi connectivity index (χ3v) is 8.38. The number of nitrogens with zero attached hydrogens (tertiary/aromatic N) is 3. The van der Waals surface area contributed by atoms with Crippen LogP contribution in [0.4, 0.5) is 30.2 Å². The monoisotopic (exact) mass is 812 g/mol. The van der Waals surface area contributed by atoms with Crippen molar-refractivity contribution in [3.05, 3.63) is 68.9 Å². The number of ketones is 1. The molecule has 0 saturated carbocycles. The van der Waals surface area contributed by atoms with E-state index in [0.717, 1.165) is 18.1 Å². The lowest BCUT2D eigenvalue weighted by Gasteiger charge is -2.28. The number of aromatic nitrogens is 3. The Hall–Kier alpha value is -3.06. The molecule has 0 radical (unpaired) electrons. The van der Waals surface area contributed by atoms with Gasteiger partial charge in [-0.1, -0.05) is 55.6 Å². The molecular weight excluding hydrogens is 768 g/mol. The molecule has 2 saturated heterocycles. The maximum absolute atomic E-state index is 11.3. The maximum Gasteiger partial charge on any atom is 0.416 e. The van der Waals surface area contributed by atoms with E-state index in [9.17, 15) is 18.0 Å². The van der Waals surface area contributed by atoms with Crippen LogP contribution in [0, 0.1) is 0 Å². The van der Waals surface area contributed by atoms with Crippen LogP contribution in [0.5, 0.6) is 0 Å². The minimum Gasteiger partial charge on any atom is -0.397 e. The molecule has 0 aromatic carbocycles. The number of halogens is 6. The van der Waals surface area contributed by atoms with Crippen molar-refractivity contribution in [2.45, 2.75) is 103 Å². The van der Waals surface area contributed by atoms with Gasteiger partial charge in [0.05, 0.1) is 67.2 Å². The lowest BCUT2D eigenvalue weighted by atomic mass is 10.0. The maximum atomic E-state index is 11.3. The van der Waals surface area contributed by atoms with Crippen molar-refractivity contribution in [2.75, 3.05) is 30.4 Å². The molecular formula is C34H46Cl3F3N6O7. The first-order valence-corrected chi connectivity index (χ1v) is 17.6. The fourth-order valence-corrected chi connectivity index (χ4v) is 5.48. The van der Waals surface area contributed by atoms with Crippen molar-refractivity contribution in [1.29, 1.82) is 0 Å². The second-order valence-corrected chi connectivity index (χ2v) is 13.1. The van der Waals surface area contributed by atoms with Gasteiger partial charge in [-0.2, -0.15) is 13.2 Å². The number of nitrogen functional groups attached to an aromatic ring is 3. The number of anilines is 3. The molecule has 2 fully saturated rings. The van der Waals surface area contributed by atoms with Crippen molar-refractivity contribution in [3.8, 4) is 0 Å². The van der Waals surface area contributed by atoms with E-state index >= 15 is 0 Å². The minimum atomic E-state index is -4.71. The summed E-state index contributed by atoms with van der Waals surface area (Å²) < 4.78 is 57.0. The van der Waals surface area contributed by atoms with E-state index in [-0.39, 0.29) is 18.0 Å². The van der Waals surface area contributed by atoms with Crippen LogP contribution in [0.25, 0.3) is 0 Å². The van der Waals surface area contributed by atoms with Gasteiger partial charge in [0, 0.05) is 36.0 Å². The van der Waals surface area contributed by atoms with Crippen LogP contribution in [-0.4, -0.2) is 74.8 Å². The van der Waals surface area contributed by atoms with E-state index in [1.807, 2.05) is 27.7 Å². The first-order chi connectivity index (χ1) is 24.6. The summed E-state index contributed by atoms with van der Waals surface area (Å²) in [4.78, 5) is 22.8. The zero-order chi connectivity index (χ0) is 40.3. The standard InChI is InChI=1S/2C11H15ClN2O2.C8H9ClN2O.C4H7F3O2/c2*1-3-11(15-6-7(2)16-11)8-4-10(12)14-5-9(8)13;1-2-7(12)5-3-8(9)11-4-6(5)10;1-2(8)3(9)4(5,6)7/h2*4-5,7H,3,6,13H2,1-2H3;3-4H,2,10H2,1H3;2-3,8-9H,1H3/t7-,11+;7-,11-;;/m01../s1. The number of rotatable bonds is 7. The average Bonchev–Trinajstić information content (AvgIpc) is 3.70. The fourth-order valence-electron chi connectivity index (χ4n) is 5.01. The van der Waals surface area contributed by atoms with Crippen molar-refractivity contribution >= 4 is 57.6 Å². The first kappa shape index (κ1) is 46.1. The number of aliphatic hydroxyl groups is 2. The molecule has 53 heavy (non-hydrogen) atoms. The molecule has 0 bridgehead atoms. The van der Waals surface area contributed by atoms with Gasteiger partial charge in [-0.25, -0.2) is 15.0 Å². The molecule has 2 aliphatic rings. The van der Waals surface area contributed by atoms with Crippen LogP contribution in [-0.2, 0) is 30.5 Å². The Labute approximate surface area is 321 Å². The van der Waals surface area contributed by atoms with E-state index < -0.39 is 30.0 Å². The van der Waals surface area contributed by atoms with Gasteiger partial charge in [0.2, 0.25) is 0 Å². The highest BCUT2D eigenvalue weighted by molar-refractivity contribution is 6.30. The van der Waals surface area contributed by atoms with Crippen LogP contribution in [0.2, 0.25) is 15.5 Å². The summed E-state index contributed by atoms with van der Waals surface area (Å²) in [6.45, 7) is 11.7. The molecule has 2 unspecified atom stereocenters. The van der Waals surface area contributed by atoms with E-state index in [1.54, 1.807) is 19.1 Å². The minimum absolute atomic E-state index is 0.0169. The van der Waals surface area contributed by atoms with E-state index in [0.29, 0.717) is 70.6 Å². The summed E-state index contributed by atoms with van der Waals surface area (Å²) in [5.74, 6) is -1.55. The summed E-state index contributed by atoms with van der Waals surface area (Å²) in [6.07, 6.45) is -2.73. The normalized spacial score (nSPS) is 23.4. The van der Waals surface area contributed by atoms with Gasteiger partial charge in [0.1, 0.15) is 15.5 Å². The largest absolute Gasteiger partial charge is 0.416 e. The molecule has 5 rings (SSSR count). The SMILES string of the molecule is CC(O)C(O)C(F)(F)F.CCC(=O)c1cc(Cl)ncc1N.CC[C@@]1(c2cc(Cl)ncc2N)OC[C@@H](C)O1.CC[C@@]1(c2cc(Cl)ncc2N)OC[C@H](C)O1. The first-order valence-electron chi connectivity index (χ1n) is 16.5. The summed E-state index contributed by atoms with van der Waals surface area (Å²) in [7, 11) is 0. The Morgan fingerprint density at radius 3 is 1.47 bits per heavy atom. The van der Waals surface area contributed by atoms with Crippen LogP contribution < -0.4 is 17.2 Å². The smallest absolute Gasteiger partial charge is 0.397 e. The lowest BCUT2D eigenvalue weighted by molar-refractivity contribution is -0.227. The van der Waals surface area contributed by atoms with E-state index in [4.69, 9.17) is 81.2 Å². The third-order valence-electron chi connectivity index (χ3n) is 7.76. The lowest BCUT2D eigenvalue weighted by Crippen LogP contribution is -2.37. The average molecular weight is 814 g/mol. The number of carbonyl (C=O) groups is 1. The molecule has 19 heteroatoms. The highest BCUT2D eigenvalue weighted by Gasteiger charge is 2.43. The van der Waals surface area contributed by atoms with Gasteiger partial charge in [0.25, 0.3) is 0 Å². The number of hydrogen-bond acceptors (Lipinski definition) is 13. The second kappa shape index (κ2) is 20.0.